The Kier molecular flexibility index (Phi) is 3.23. The van der Waals surface area contributed by atoms with E-state index in [1.165, 1.54) is 16.7 Å². The molecule has 1 aromatic heterocycles. The van der Waals surface area contributed by atoms with E-state index in [0.29, 0.717) is 16.3 Å². The Morgan fingerprint density at radius 1 is 1.24 bits per heavy atom. The monoisotopic (exact) mass is 262 g/mol. The van der Waals surface area contributed by atoms with Crippen LogP contribution in [-0.2, 0) is 0 Å². The third kappa shape index (κ3) is 2.07. The molecular formula is C12H7ClN2OS. The van der Waals surface area contributed by atoms with Gasteiger partial charge in [-0.25, -0.2) is 0 Å². The maximum Gasteiger partial charge on any atom is 0.256 e. The number of para-hydroxylation sites is 1. The van der Waals surface area contributed by atoms with E-state index in [4.69, 9.17) is 16.9 Å². The highest BCUT2D eigenvalue weighted by Gasteiger charge is 2.10. The number of hydrogen-bond acceptors (Lipinski definition) is 3. The van der Waals surface area contributed by atoms with Crippen LogP contribution in [-0.4, -0.2) is 4.57 Å². The molecular weight excluding hydrogens is 256 g/mol. The first-order valence-electron chi connectivity index (χ1n) is 4.75. The number of aromatic nitrogens is 1. The Morgan fingerprint density at radius 3 is 2.59 bits per heavy atom. The quantitative estimate of drug-likeness (QED) is 0.803. The molecule has 2 aromatic rings. The Balaban J connectivity index is 2.81. The van der Waals surface area contributed by atoms with Gasteiger partial charge in [0.25, 0.3) is 5.56 Å². The molecule has 0 amide bonds. The lowest BCUT2D eigenvalue weighted by molar-refractivity contribution is 0.872. The van der Waals surface area contributed by atoms with Crippen LogP contribution in [0.4, 0.5) is 0 Å². The van der Waals surface area contributed by atoms with Crippen LogP contribution in [0.2, 0.25) is 5.02 Å². The minimum atomic E-state index is -0.276. The molecule has 0 aliphatic carbocycles. The van der Waals surface area contributed by atoms with Crippen molar-refractivity contribution in [2.45, 2.75) is 5.03 Å². The number of pyridine rings is 1. The van der Waals surface area contributed by atoms with Gasteiger partial charge >= 0.3 is 0 Å². The van der Waals surface area contributed by atoms with E-state index in [2.05, 4.69) is 12.6 Å². The van der Waals surface area contributed by atoms with Crippen LogP contribution in [0.15, 0.2) is 46.2 Å². The van der Waals surface area contributed by atoms with Gasteiger partial charge in [0.2, 0.25) is 0 Å². The molecule has 0 saturated heterocycles. The Labute approximate surface area is 108 Å². The fourth-order valence-electron chi connectivity index (χ4n) is 1.48. The Bertz CT molecular complexity index is 673. The predicted molar refractivity (Wildman–Crippen MR) is 69.0 cm³/mol. The van der Waals surface area contributed by atoms with E-state index in [9.17, 15) is 4.79 Å². The minimum absolute atomic E-state index is 0.276. The lowest BCUT2D eigenvalue weighted by atomic mass is 10.2. The van der Waals surface area contributed by atoms with E-state index >= 15 is 0 Å². The van der Waals surface area contributed by atoms with Crippen LogP contribution in [0.1, 0.15) is 5.56 Å². The van der Waals surface area contributed by atoms with Crippen LogP contribution >= 0.6 is 24.2 Å². The van der Waals surface area contributed by atoms with Gasteiger partial charge in [-0.1, -0.05) is 23.7 Å². The number of nitriles is 1. The first-order valence-corrected chi connectivity index (χ1v) is 5.57. The summed E-state index contributed by atoms with van der Waals surface area (Å²) in [6.07, 6.45) is 0. The van der Waals surface area contributed by atoms with E-state index in [1.54, 1.807) is 24.3 Å². The zero-order chi connectivity index (χ0) is 12.4. The molecule has 0 bridgehead atoms. The molecule has 0 atom stereocenters. The van der Waals surface area contributed by atoms with Crippen molar-refractivity contribution in [2.24, 2.45) is 0 Å². The molecule has 84 valence electrons. The predicted octanol–water partition coefficient (Wildman–Crippen LogP) is 2.65. The van der Waals surface area contributed by atoms with Crippen LogP contribution < -0.4 is 5.56 Å². The van der Waals surface area contributed by atoms with Crippen LogP contribution in [0.3, 0.4) is 0 Å². The van der Waals surface area contributed by atoms with E-state index in [1.807, 2.05) is 6.07 Å². The average molecular weight is 263 g/mol. The third-order valence-corrected chi connectivity index (χ3v) is 3.04. The second-order valence-corrected chi connectivity index (χ2v) is 4.14. The molecule has 5 heteroatoms. The van der Waals surface area contributed by atoms with Crippen molar-refractivity contribution in [1.82, 2.24) is 4.57 Å². The molecule has 1 heterocycles. The van der Waals surface area contributed by atoms with Crippen LogP contribution in [0.5, 0.6) is 0 Å². The maximum atomic E-state index is 11.8. The van der Waals surface area contributed by atoms with Crippen molar-refractivity contribution in [2.75, 3.05) is 0 Å². The highest BCUT2D eigenvalue weighted by atomic mass is 35.5. The minimum Gasteiger partial charge on any atom is -0.269 e. The fourth-order valence-corrected chi connectivity index (χ4v) is 2.03. The van der Waals surface area contributed by atoms with Gasteiger partial charge in [-0.2, -0.15) is 5.26 Å². The Hall–Kier alpha value is -1.70. The number of nitrogens with zero attached hydrogens (tertiary/aromatic N) is 2. The van der Waals surface area contributed by atoms with Gasteiger partial charge in [-0.3, -0.25) is 9.36 Å². The zero-order valence-electron chi connectivity index (χ0n) is 8.59. The van der Waals surface area contributed by atoms with Crippen molar-refractivity contribution in [3.63, 3.8) is 0 Å². The van der Waals surface area contributed by atoms with Gasteiger partial charge < -0.3 is 0 Å². The summed E-state index contributed by atoms with van der Waals surface area (Å²) in [5, 5.41) is 9.62. The normalized spacial score (nSPS) is 9.94. The molecule has 0 fully saturated rings. The molecule has 0 spiro atoms. The molecule has 17 heavy (non-hydrogen) atoms. The molecule has 0 saturated carbocycles. The van der Waals surface area contributed by atoms with Gasteiger partial charge in [0.1, 0.15) is 6.07 Å². The largest absolute Gasteiger partial charge is 0.269 e. The molecule has 3 nitrogen and oxygen atoms in total. The number of benzene rings is 1. The molecule has 0 aliphatic rings. The third-order valence-electron chi connectivity index (χ3n) is 2.28. The summed E-state index contributed by atoms with van der Waals surface area (Å²) in [7, 11) is 0. The smallest absolute Gasteiger partial charge is 0.256 e. The molecule has 0 radical (unpaired) electrons. The maximum absolute atomic E-state index is 11.8. The summed E-state index contributed by atoms with van der Waals surface area (Å²) in [5.74, 6) is 0. The second kappa shape index (κ2) is 4.66. The van der Waals surface area contributed by atoms with Crippen molar-refractivity contribution in [1.29, 1.82) is 5.26 Å². The lowest BCUT2D eigenvalue weighted by Gasteiger charge is -2.11. The van der Waals surface area contributed by atoms with Crippen LogP contribution in [0.25, 0.3) is 5.69 Å². The number of halogens is 1. The van der Waals surface area contributed by atoms with Gasteiger partial charge in [-0.05, 0) is 18.2 Å². The van der Waals surface area contributed by atoms with Crippen molar-refractivity contribution >= 4 is 24.2 Å². The second-order valence-electron chi connectivity index (χ2n) is 3.31. The fraction of sp³-hybridized carbons (Fsp3) is 0. The van der Waals surface area contributed by atoms with Gasteiger partial charge in [0.05, 0.1) is 21.3 Å². The van der Waals surface area contributed by atoms with E-state index in [-0.39, 0.29) is 10.6 Å². The topological polar surface area (TPSA) is 45.8 Å². The molecule has 1 aromatic carbocycles. The SMILES string of the molecule is N#Cc1ccc(=O)n(-c2ccccc2Cl)c1S. The first kappa shape index (κ1) is 11.8. The molecule has 2 rings (SSSR count). The number of hydrogen-bond donors (Lipinski definition) is 1. The standard InChI is InChI=1S/C12H7ClN2OS/c13-9-3-1-2-4-10(9)15-11(16)6-5-8(7-14)12(15)17/h1-6,17H. The van der Waals surface area contributed by atoms with Gasteiger partial charge in [0.15, 0.2) is 0 Å². The van der Waals surface area contributed by atoms with E-state index in [0.717, 1.165) is 0 Å². The molecule has 0 N–H and O–H groups in total. The number of thiol groups is 1. The first-order chi connectivity index (χ1) is 8.15. The average Bonchev–Trinajstić information content (AvgIpc) is 2.32. The summed E-state index contributed by atoms with van der Waals surface area (Å²) in [4.78, 5) is 11.8. The van der Waals surface area contributed by atoms with Gasteiger partial charge in [0, 0.05) is 6.07 Å². The van der Waals surface area contributed by atoms with E-state index < -0.39 is 0 Å². The molecule has 0 unspecified atom stereocenters. The van der Waals surface area contributed by atoms with Crippen molar-refractivity contribution in [3.05, 3.63) is 57.3 Å². The van der Waals surface area contributed by atoms with Crippen molar-refractivity contribution < 1.29 is 0 Å². The van der Waals surface area contributed by atoms with Gasteiger partial charge in [-0.15, -0.1) is 12.6 Å². The summed E-state index contributed by atoms with van der Waals surface area (Å²) >= 11 is 10.2. The lowest BCUT2D eigenvalue weighted by Crippen LogP contribution is -2.19. The summed E-state index contributed by atoms with van der Waals surface area (Å²) < 4.78 is 1.31. The number of rotatable bonds is 1. The summed E-state index contributed by atoms with van der Waals surface area (Å²) in [5.41, 5.74) is 0.566. The zero-order valence-corrected chi connectivity index (χ0v) is 10.2. The summed E-state index contributed by atoms with van der Waals surface area (Å²) in [6.45, 7) is 0. The van der Waals surface area contributed by atoms with Crippen LogP contribution in [0, 0.1) is 11.3 Å². The summed E-state index contributed by atoms with van der Waals surface area (Å²) in [6, 6.07) is 11.6. The highest BCUT2D eigenvalue weighted by Crippen LogP contribution is 2.22. The highest BCUT2D eigenvalue weighted by molar-refractivity contribution is 7.80. The molecule has 0 aliphatic heterocycles. The van der Waals surface area contributed by atoms with Crippen molar-refractivity contribution in [3.8, 4) is 11.8 Å². The Morgan fingerprint density at radius 2 is 1.94 bits per heavy atom.